The van der Waals surface area contributed by atoms with Crippen LogP contribution in [0.2, 0.25) is 15.1 Å². The average molecular weight is 543 g/mol. The van der Waals surface area contributed by atoms with Crippen molar-refractivity contribution >= 4 is 81.1 Å². The first-order valence-corrected chi connectivity index (χ1v) is 11.8. The highest BCUT2D eigenvalue weighted by Crippen LogP contribution is 2.65. The number of Topliss-reactive ketones (excluding diaryl/α,β-unsaturated/α-hetero) is 1. The van der Waals surface area contributed by atoms with Crippen molar-refractivity contribution in [2.75, 3.05) is 11.1 Å². The van der Waals surface area contributed by atoms with Crippen LogP contribution >= 0.6 is 58.0 Å². The van der Waals surface area contributed by atoms with Crippen LogP contribution in [0.25, 0.3) is 0 Å². The molecule has 1 saturated carbocycles. The van der Waals surface area contributed by atoms with Gasteiger partial charge in [0.2, 0.25) is 5.91 Å². The normalized spacial score (nSPS) is 18.6. The van der Waals surface area contributed by atoms with Crippen LogP contribution in [0, 0.1) is 5.92 Å². The highest BCUT2D eigenvalue weighted by Gasteiger charge is 2.67. The fourth-order valence-corrected chi connectivity index (χ4v) is 5.44. The fraction of sp³-hybridized carbons (Fsp3) is 0.167. The minimum absolute atomic E-state index is 0.120. The third-order valence-corrected chi connectivity index (χ3v) is 7.14. The molecule has 0 aliphatic heterocycles. The Morgan fingerprint density at radius 1 is 0.939 bits per heavy atom. The summed E-state index contributed by atoms with van der Waals surface area (Å²) in [6.45, 7) is 0. The smallest absolute Gasteiger partial charge is 0.231 e. The quantitative estimate of drug-likeness (QED) is 0.197. The van der Waals surface area contributed by atoms with Gasteiger partial charge in [-0.2, -0.15) is 0 Å². The molecule has 1 amide bonds. The van der Waals surface area contributed by atoms with Crippen molar-refractivity contribution in [3.63, 3.8) is 0 Å². The summed E-state index contributed by atoms with van der Waals surface area (Å²) in [6.07, 6.45) is 0.120. The lowest BCUT2D eigenvalue weighted by molar-refractivity contribution is -0.117. The number of rotatable bonds is 6. The minimum atomic E-state index is -1.31. The Morgan fingerprint density at radius 3 is 2.30 bits per heavy atom. The number of hydrogen-bond acceptors (Lipinski definition) is 3. The highest BCUT2D eigenvalue weighted by atomic mass is 35.5. The van der Waals surface area contributed by atoms with Crippen LogP contribution < -0.4 is 11.1 Å². The maximum Gasteiger partial charge on any atom is 0.231 e. The summed E-state index contributed by atoms with van der Waals surface area (Å²) in [4.78, 5) is 25.8. The number of nitrogens with two attached hydrogens (primary N) is 1. The summed E-state index contributed by atoms with van der Waals surface area (Å²) in [5.74, 6) is -1.80. The van der Waals surface area contributed by atoms with E-state index >= 15 is 0 Å². The van der Waals surface area contributed by atoms with Gasteiger partial charge in [-0.3, -0.25) is 9.59 Å². The van der Waals surface area contributed by atoms with Gasteiger partial charge in [0, 0.05) is 39.3 Å². The van der Waals surface area contributed by atoms with Crippen molar-refractivity contribution < 1.29 is 9.59 Å². The SMILES string of the molecule is Nc1cccc(CC(=O)c2cc(NC(=O)C3C(c4cc(Cl)cc(Cl)c4)C3(Cl)Cl)ccc2Cl)c1. The number of hydrogen-bond donors (Lipinski definition) is 2. The molecule has 0 bridgehead atoms. The largest absolute Gasteiger partial charge is 0.399 e. The molecule has 0 saturated heterocycles. The molecule has 1 aliphatic carbocycles. The van der Waals surface area contributed by atoms with Crippen LogP contribution in [0.15, 0.2) is 60.7 Å². The Kier molecular flexibility index (Phi) is 6.86. The molecule has 0 aromatic heterocycles. The second-order valence-electron chi connectivity index (χ2n) is 7.86. The predicted octanol–water partition coefficient (Wildman–Crippen LogP) is 7.18. The number of nitrogen functional groups attached to an aromatic ring is 1. The Hall–Kier alpha value is -1.95. The molecule has 9 heteroatoms. The van der Waals surface area contributed by atoms with Gasteiger partial charge >= 0.3 is 0 Å². The molecule has 2 atom stereocenters. The highest BCUT2D eigenvalue weighted by molar-refractivity contribution is 6.53. The number of benzene rings is 3. The molecule has 170 valence electrons. The monoisotopic (exact) mass is 540 g/mol. The molecule has 3 aromatic rings. The fourth-order valence-electron chi connectivity index (χ4n) is 3.84. The summed E-state index contributed by atoms with van der Waals surface area (Å²) in [6, 6.07) is 16.7. The van der Waals surface area contributed by atoms with Crippen molar-refractivity contribution in [3.05, 3.63) is 92.4 Å². The van der Waals surface area contributed by atoms with Crippen LogP contribution in [0.3, 0.4) is 0 Å². The van der Waals surface area contributed by atoms with Gasteiger partial charge < -0.3 is 11.1 Å². The van der Waals surface area contributed by atoms with Gasteiger partial charge in [-0.05, 0) is 59.7 Å². The van der Waals surface area contributed by atoms with E-state index in [1.807, 2.05) is 6.07 Å². The molecule has 0 spiro atoms. The molecular formula is C24H17Cl5N2O2. The van der Waals surface area contributed by atoms with E-state index in [9.17, 15) is 9.59 Å². The van der Waals surface area contributed by atoms with Crippen molar-refractivity contribution in [3.8, 4) is 0 Å². The van der Waals surface area contributed by atoms with E-state index < -0.39 is 22.1 Å². The Morgan fingerprint density at radius 2 is 1.64 bits per heavy atom. The topological polar surface area (TPSA) is 72.2 Å². The molecule has 4 rings (SSSR count). The lowest BCUT2D eigenvalue weighted by atomic mass is 10.0. The van der Waals surface area contributed by atoms with E-state index in [1.54, 1.807) is 48.5 Å². The summed E-state index contributed by atoms with van der Waals surface area (Å²) in [7, 11) is 0. The molecule has 1 fully saturated rings. The van der Waals surface area contributed by atoms with Crippen LogP contribution in [0.1, 0.15) is 27.4 Å². The number of carbonyl (C=O) groups excluding carboxylic acids is 2. The minimum Gasteiger partial charge on any atom is -0.399 e. The number of ketones is 1. The number of nitrogens with one attached hydrogen (secondary N) is 1. The average Bonchev–Trinajstić information content (AvgIpc) is 3.31. The molecule has 0 radical (unpaired) electrons. The summed E-state index contributed by atoms with van der Waals surface area (Å²) >= 11 is 31.2. The van der Waals surface area contributed by atoms with Crippen molar-refractivity contribution in [2.24, 2.45) is 5.92 Å². The molecule has 33 heavy (non-hydrogen) atoms. The first kappa shape index (κ1) is 24.2. The lowest BCUT2D eigenvalue weighted by Gasteiger charge is -2.10. The molecule has 2 unspecified atom stereocenters. The van der Waals surface area contributed by atoms with E-state index in [1.165, 1.54) is 6.07 Å². The van der Waals surface area contributed by atoms with Crippen LogP contribution in [0.5, 0.6) is 0 Å². The maximum atomic E-state index is 13.0. The number of alkyl halides is 2. The zero-order valence-electron chi connectivity index (χ0n) is 16.9. The second-order valence-corrected chi connectivity index (χ2v) is 10.6. The molecule has 3 aromatic carbocycles. The Labute approximate surface area is 215 Å². The zero-order chi connectivity index (χ0) is 23.9. The van der Waals surface area contributed by atoms with Crippen molar-refractivity contribution in [2.45, 2.75) is 16.7 Å². The first-order chi connectivity index (χ1) is 15.6. The van der Waals surface area contributed by atoms with Gasteiger partial charge in [-0.15, -0.1) is 23.2 Å². The maximum absolute atomic E-state index is 13.0. The van der Waals surface area contributed by atoms with Gasteiger partial charge in [0.15, 0.2) is 5.78 Å². The van der Waals surface area contributed by atoms with Gasteiger partial charge in [-0.25, -0.2) is 0 Å². The summed E-state index contributed by atoms with van der Waals surface area (Å²) in [5.41, 5.74) is 8.48. The Balaban J connectivity index is 1.51. The third-order valence-electron chi connectivity index (χ3n) is 5.43. The number of anilines is 2. The number of halogens is 5. The molecular weight excluding hydrogens is 526 g/mol. The van der Waals surface area contributed by atoms with Gasteiger partial charge in [-0.1, -0.05) is 46.9 Å². The van der Waals surface area contributed by atoms with E-state index in [4.69, 9.17) is 63.7 Å². The summed E-state index contributed by atoms with van der Waals surface area (Å²) in [5, 5.41) is 3.91. The molecule has 1 aliphatic rings. The van der Waals surface area contributed by atoms with Crippen LogP contribution in [-0.2, 0) is 11.2 Å². The number of amides is 1. The first-order valence-electron chi connectivity index (χ1n) is 9.88. The lowest BCUT2D eigenvalue weighted by Crippen LogP contribution is -2.17. The number of carbonyl (C=O) groups is 2. The van der Waals surface area contributed by atoms with E-state index in [2.05, 4.69) is 5.32 Å². The van der Waals surface area contributed by atoms with Crippen LogP contribution in [0.4, 0.5) is 11.4 Å². The van der Waals surface area contributed by atoms with Gasteiger partial charge in [0.1, 0.15) is 4.33 Å². The standard InChI is InChI=1S/C24H17Cl5N2O2/c25-14-8-13(9-15(26)10-14)21-22(24(21,28)29)23(33)31-17-4-5-19(27)18(11-17)20(32)7-12-2-1-3-16(30)6-12/h1-6,8-11,21-22H,7,30H2,(H,31,33). The van der Waals surface area contributed by atoms with Crippen molar-refractivity contribution in [1.82, 2.24) is 0 Å². The molecule has 4 nitrogen and oxygen atoms in total. The summed E-state index contributed by atoms with van der Waals surface area (Å²) < 4.78 is -1.31. The Bertz CT molecular complexity index is 1240. The third kappa shape index (κ3) is 5.26. The van der Waals surface area contributed by atoms with E-state index in [-0.39, 0.29) is 22.8 Å². The van der Waals surface area contributed by atoms with Crippen molar-refractivity contribution in [1.29, 1.82) is 0 Å². The molecule has 3 N–H and O–H groups in total. The second kappa shape index (κ2) is 9.36. The van der Waals surface area contributed by atoms with E-state index in [0.29, 0.717) is 27.0 Å². The van der Waals surface area contributed by atoms with Crippen LogP contribution in [-0.4, -0.2) is 16.0 Å². The van der Waals surface area contributed by atoms with Gasteiger partial charge in [0.25, 0.3) is 0 Å². The van der Waals surface area contributed by atoms with E-state index in [0.717, 1.165) is 5.56 Å². The van der Waals surface area contributed by atoms with Gasteiger partial charge in [0.05, 0.1) is 10.9 Å². The predicted molar refractivity (Wildman–Crippen MR) is 136 cm³/mol. The molecule has 0 heterocycles. The zero-order valence-corrected chi connectivity index (χ0v) is 20.7.